The first-order chi connectivity index (χ1) is 13.5. The summed E-state index contributed by atoms with van der Waals surface area (Å²) < 4.78 is 7.16. The minimum absolute atomic E-state index is 0.116. The fraction of sp³-hybridized carbons (Fsp3) is 0.150. The van der Waals surface area contributed by atoms with Gasteiger partial charge in [-0.15, -0.1) is 0 Å². The van der Waals surface area contributed by atoms with Crippen LogP contribution < -0.4 is 15.8 Å². The maximum Gasteiger partial charge on any atom is 0.255 e. The van der Waals surface area contributed by atoms with E-state index in [1.165, 1.54) is 0 Å². The largest absolute Gasteiger partial charge is 0.484 e. The molecule has 1 atom stereocenters. The monoisotopic (exact) mass is 396 g/mol. The molecule has 8 heteroatoms. The Bertz CT molecular complexity index is 1060. The first-order valence-electron chi connectivity index (χ1n) is 8.66. The fourth-order valence-corrected chi connectivity index (χ4v) is 3.51. The van der Waals surface area contributed by atoms with Gasteiger partial charge in [0.2, 0.25) is 5.91 Å². The van der Waals surface area contributed by atoms with Crippen LogP contribution in [0.2, 0.25) is 5.02 Å². The number of nitrogens with zero attached hydrogens (tertiary/aromatic N) is 2. The second-order valence-electron chi connectivity index (χ2n) is 6.43. The SMILES string of the molecule is NC(=O)COc1cccc(C2CC(=O)Nc3c2ncn3-c2ccccc2Cl)c1. The molecule has 0 saturated heterocycles. The van der Waals surface area contributed by atoms with Gasteiger partial charge in [-0.3, -0.25) is 14.2 Å². The zero-order valence-corrected chi connectivity index (χ0v) is 15.5. The average molecular weight is 397 g/mol. The van der Waals surface area contributed by atoms with Gasteiger partial charge in [0.1, 0.15) is 17.9 Å². The van der Waals surface area contributed by atoms with E-state index >= 15 is 0 Å². The van der Waals surface area contributed by atoms with E-state index in [-0.39, 0.29) is 24.9 Å². The van der Waals surface area contributed by atoms with E-state index in [1.807, 2.05) is 30.3 Å². The Kier molecular flexibility index (Phi) is 4.75. The van der Waals surface area contributed by atoms with Crippen molar-refractivity contribution in [1.82, 2.24) is 9.55 Å². The lowest BCUT2D eigenvalue weighted by Gasteiger charge is -2.24. The number of nitrogens with two attached hydrogens (primary N) is 1. The lowest BCUT2D eigenvalue weighted by atomic mass is 9.89. The average Bonchev–Trinajstić information content (AvgIpc) is 3.10. The summed E-state index contributed by atoms with van der Waals surface area (Å²) in [6.07, 6.45) is 1.91. The molecule has 2 heterocycles. The molecule has 3 aromatic rings. The predicted octanol–water partition coefficient (Wildman–Crippen LogP) is 2.86. The Balaban J connectivity index is 1.73. The summed E-state index contributed by atoms with van der Waals surface area (Å²) in [5, 5.41) is 3.46. The molecule has 142 valence electrons. The van der Waals surface area contributed by atoms with E-state index < -0.39 is 5.91 Å². The van der Waals surface area contributed by atoms with Crippen LogP contribution >= 0.6 is 11.6 Å². The lowest BCUT2D eigenvalue weighted by molar-refractivity contribution is -0.120. The highest BCUT2D eigenvalue weighted by Gasteiger charge is 2.31. The molecule has 0 saturated carbocycles. The minimum Gasteiger partial charge on any atom is -0.484 e. The number of para-hydroxylation sites is 1. The van der Waals surface area contributed by atoms with Crippen LogP contribution in [0.1, 0.15) is 23.6 Å². The second kappa shape index (κ2) is 7.36. The van der Waals surface area contributed by atoms with Crippen molar-refractivity contribution in [3.05, 3.63) is 71.1 Å². The van der Waals surface area contributed by atoms with Crippen LogP contribution in [-0.2, 0) is 9.59 Å². The number of hydrogen-bond donors (Lipinski definition) is 2. The summed E-state index contributed by atoms with van der Waals surface area (Å²) in [4.78, 5) is 27.9. The third-order valence-corrected chi connectivity index (χ3v) is 4.85. The first kappa shape index (κ1) is 18.1. The molecule has 2 amide bonds. The van der Waals surface area contributed by atoms with Crippen LogP contribution in [0, 0.1) is 0 Å². The number of aromatic nitrogens is 2. The minimum atomic E-state index is -0.553. The van der Waals surface area contributed by atoms with Crippen LogP contribution in [0.4, 0.5) is 5.82 Å². The van der Waals surface area contributed by atoms with Gasteiger partial charge in [0.25, 0.3) is 5.91 Å². The summed E-state index contributed by atoms with van der Waals surface area (Å²) in [6, 6.07) is 14.6. The number of ether oxygens (including phenoxy) is 1. The molecule has 2 aromatic carbocycles. The molecule has 1 aliphatic rings. The molecule has 0 fully saturated rings. The van der Waals surface area contributed by atoms with Crippen LogP contribution in [0.5, 0.6) is 5.75 Å². The number of carbonyl (C=O) groups excluding carboxylic acids is 2. The summed E-state index contributed by atoms with van der Waals surface area (Å²) >= 11 is 6.31. The van der Waals surface area contributed by atoms with Gasteiger partial charge in [0.05, 0.1) is 16.4 Å². The number of imidazole rings is 1. The predicted molar refractivity (Wildman–Crippen MR) is 105 cm³/mol. The number of hydrogen-bond acceptors (Lipinski definition) is 4. The molecule has 0 radical (unpaired) electrons. The Morgan fingerprint density at radius 3 is 2.89 bits per heavy atom. The van der Waals surface area contributed by atoms with Gasteiger partial charge in [0, 0.05) is 12.3 Å². The summed E-state index contributed by atoms with van der Waals surface area (Å²) in [5.41, 5.74) is 7.47. The standard InChI is InChI=1S/C20H17ClN4O3/c21-15-6-1-2-7-16(15)25-11-23-19-14(9-18(27)24-20(19)25)12-4-3-5-13(8-12)28-10-17(22)26/h1-8,11,14H,9-10H2,(H2,22,26)(H,24,27). The quantitative estimate of drug-likeness (QED) is 0.692. The Morgan fingerprint density at radius 1 is 1.29 bits per heavy atom. The van der Waals surface area contributed by atoms with Crippen molar-refractivity contribution >= 4 is 29.2 Å². The van der Waals surface area contributed by atoms with E-state index in [0.29, 0.717) is 16.6 Å². The van der Waals surface area contributed by atoms with E-state index in [2.05, 4.69) is 10.3 Å². The van der Waals surface area contributed by atoms with Gasteiger partial charge in [-0.05, 0) is 29.8 Å². The number of rotatable bonds is 5. The van der Waals surface area contributed by atoms with Gasteiger partial charge in [-0.2, -0.15) is 0 Å². The molecular formula is C20H17ClN4O3. The van der Waals surface area contributed by atoms with Crippen molar-refractivity contribution in [3.8, 4) is 11.4 Å². The number of anilines is 1. The number of fused-ring (bicyclic) bond motifs is 1. The highest BCUT2D eigenvalue weighted by Crippen LogP contribution is 2.39. The molecule has 1 unspecified atom stereocenters. The summed E-state index contributed by atoms with van der Waals surface area (Å²) in [7, 11) is 0. The normalized spacial score (nSPS) is 15.6. The first-order valence-corrected chi connectivity index (χ1v) is 9.04. The number of amides is 2. The third kappa shape index (κ3) is 3.44. The zero-order valence-electron chi connectivity index (χ0n) is 14.8. The molecule has 0 bridgehead atoms. The lowest BCUT2D eigenvalue weighted by Crippen LogP contribution is -2.25. The Morgan fingerprint density at radius 2 is 2.11 bits per heavy atom. The molecule has 0 spiro atoms. The van der Waals surface area contributed by atoms with Crippen LogP contribution in [0.3, 0.4) is 0 Å². The van der Waals surface area contributed by atoms with Crippen molar-refractivity contribution < 1.29 is 14.3 Å². The van der Waals surface area contributed by atoms with Crippen molar-refractivity contribution in [2.24, 2.45) is 5.73 Å². The van der Waals surface area contributed by atoms with Crippen molar-refractivity contribution in [1.29, 1.82) is 0 Å². The Hall–Kier alpha value is -3.32. The van der Waals surface area contributed by atoms with Gasteiger partial charge in [-0.25, -0.2) is 4.98 Å². The number of benzene rings is 2. The highest BCUT2D eigenvalue weighted by atomic mass is 35.5. The molecule has 1 aromatic heterocycles. The van der Waals surface area contributed by atoms with Crippen molar-refractivity contribution in [2.75, 3.05) is 11.9 Å². The maximum absolute atomic E-state index is 12.4. The summed E-state index contributed by atoms with van der Waals surface area (Å²) in [6.45, 7) is -0.207. The molecule has 0 aliphatic carbocycles. The molecule has 3 N–H and O–H groups in total. The van der Waals surface area contributed by atoms with E-state index in [9.17, 15) is 9.59 Å². The van der Waals surface area contributed by atoms with Crippen LogP contribution in [0.25, 0.3) is 5.69 Å². The molecular weight excluding hydrogens is 380 g/mol. The van der Waals surface area contributed by atoms with E-state index in [0.717, 1.165) is 16.9 Å². The molecule has 28 heavy (non-hydrogen) atoms. The number of halogens is 1. The number of primary amides is 1. The summed E-state index contributed by atoms with van der Waals surface area (Å²) in [5.74, 6) is 0.190. The molecule has 1 aliphatic heterocycles. The molecule has 4 rings (SSSR count). The van der Waals surface area contributed by atoms with Crippen LogP contribution in [0.15, 0.2) is 54.9 Å². The highest BCUT2D eigenvalue weighted by molar-refractivity contribution is 6.32. The Labute approximate surface area is 166 Å². The maximum atomic E-state index is 12.4. The number of nitrogens with one attached hydrogen (secondary N) is 1. The van der Waals surface area contributed by atoms with Gasteiger partial charge in [-0.1, -0.05) is 35.9 Å². The zero-order chi connectivity index (χ0) is 19.7. The smallest absolute Gasteiger partial charge is 0.255 e. The van der Waals surface area contributed by atoms with Crippen molar-refractivity contribution in [3.63, 3.8) is 0 Å². The van der Waals surface area contributed by atoms with Gasteiger partial charge < -0.3 is 15.8 Å². The van der Waals surface area contributed by atoms with Gasteiger partial charge in [0.15, 0.2) is 6.61 Å². The van der Waals surface area contributed by atoms with Crippen molar-refractivity contribution in [2.45, 2.75) is 12.3 Å². The number of carbonyl (C=O) groups is 2. The topological polar surface area (TPSA) is 99.2 Å². The molecule has 7 nitrogen and oxygen atoms in total. The van der Waals surface area contributed by atoms with E-state index in [1.54, 1.807) is 29.1 Å². The van der Waals surface area contributed by atoms with Crippen LogP contribution in [-0.4, -0.2) is 28.0 Å². The van der Waals surface area contributed by atoms with Gasteiger partial charge >= 0.3 is 0 Å². The fourth-order valence-electron chi connectivity index (χ4n) is 3.29. The third-order valence-electron chi connectivity index (χ3n) is 4.53. The second-order valence-corrected chi connectivity index (χ2v) is 6.84. The van der Waals surface area contributed by atoms with E-state index in [4.69, 9.17) is 22.1 Å².